The molecule has 0 bridgehead atoms. The molecule has 3 heteroatoms. The third kappa shape index (κ3) is 2.77. The molecule has 0 saturated carbocycles. The summed E-state index contributed by atoms with van der Waals surface area (Å²) in [7, 11) is 1.72. The fourth-order valence-electron chi connectivity index (χ4n) is 2.70. The topological polar surface area (TPSA) is 38.7 Å². The molecule has 19 heavy (non-hydrogen) atoms. The van der Waals surface area contributed by atoms with Gasteiger partial charge >= 0.3 is 0 Å². The zero-order valence-corrected chi connectivity index (χ0v) is 12.1. The molecule has 0 spiro atoms. The van der Waals surface area contributed by atoms with Crippen LogP contribution in [0.3, 0.4) is 0 Å². The fraction of sp³-hybridized carbons (Fsp3) is 0.625. The van der Waals surface area contributed by atoms with Gasteiger partial charge in [-0.15, -0.1) is 0 Å². The lowest BCUT2D eigenvalue weighted by atomic mass is 9.73. The van der Waals surface area contributed by atoms with E-state index in [1.165, 1.54) is 11.1 Å². The first-order valence-corrected chi connectivity index (χ1v) is 7.00. The summed E-state index contributed by atoms with van der Waals surface area (Å²) in [5, 5.41) is 9.09. The molecule has 0 aliphatic carbocycles. The molecule has 1 fully saturated rings. The predicted molar refractivity (Wildman–Crippen MR) is 75.9 cm³/mol. The summed E-state index contributed by atoms with van der Waals surface area (Å²) in [4.78, 5) is 0. The maximum atomic E-state index is 9.09. The SMILES string of the molecule is COc1ccc(C(C)C)cc1C1(CCCO)COC1. The number of benzene rings is 1. The van der Waals surface area contributed by atoms with Crippen LogP contribution in [-0.4, -0.2) is 32.0 Å². The van der Waals surface area contributed by atoms with Crippen LogP contribution in [-0.2, 0) is 10.2 Å². The smallest absolute Gasteiger partial charge is 0.122 e. The van der Waals surface area contributed by atoms with E-state index in [-0.39, 0.29) is 12.0 Å². The minimum absolute atomic E-state index is 0.0268. The molecule has 106 valence electrons. The van der Waals surface area contributed by atoms with Crippen LogP contribution in [0.5, 0.6) is 5.75 Å². The molecule has 1 aromatic carbocycles. The van der Waals surface area contributed by atoms with Crippen molar-refractivity contribution in [2.45, 2.75) is 38.0 Å². The van der Waals surface area contributed by atoms with E-state index >= 15 is 0 Å². The molecule has 1 aromatic rings. The highest BCUT2D eigenvalue weighted by molar-refractivity contribution is 5.44. The van der Waals surface area contributed by atoms with Gasteiger partial charge in [0.25, 0.3) is 0 Å². The standard InChI is InChI=1S/C16H24O3/c1-12(2)13-5-6-15(18-3)14(9-13)16(7-4-8-17)10-19-11-16/h5-6,9,12,17H,4,7-8,10-11H2,1-3H3. The molecule has 1 aliphatic heterocycles. The van der Waals surface area contributed by atoms with Crippen molar-refractivity contribution >= 4 is 0 Å². The van der Waals surface area contributed by atoms with Gasteiger partial charge in [0.2, 0.25) is 0 Å². The van der Waals surface area contributed by atoms with Gasteiger partial charge < -0.3 is 14.6 Å². The lowest BCUT2D eigenvalue weighted by Crippen LogP contribution is -2.47. The molecule has 0 radical (unpaired) electrons. The van der Waals surface area contributed by atoms with Gasteiger partial charge in [0.1, 0.15) is 5.75 Å². The van der Waals surface area contributed by atoms with E-state index in [2.05, 4.69) is 32.0 Å². The predicted octanol–water partition coefficient (Wildman–Crippen LogP) is 2.86. The van der Waals surface area contributed by atoms with Crippen LogP contribution < -0.4 is 4.74 Å². The number of aliphatic hydroxyl groups is 1. The first-order valence-electron chi connectivity index (χ1n) is 7.00. The van der Waals surface area contributed by atoms with Crippen LogP contribution in [0, 0.1) is 0 Å². The van der Waals surface area contributed by atoms with E-state index in [9.17, 15) is 0 Å². The summed E-state index contributed by atoms with van der Waals surface area (Å²) in [5.74, 6) is 1.44. The Bertz CT molecular complexity index is 422. The zero-order chi connectivity index (χ0) is 13.9. The molecule has 2 rings (SSSR count). The average Bonchev–Trinajstić information content (AvgIpc) is 2.37. The summed E-state index contributed by atoms with van der Waals surface area (Å²) < 4.78 is 11.0. The molecule has 1 aliphatic rings. The summed E-state index contributed by atoms with van der Waals surface area (Å²) in [6.45, 7) is 6.08. The van der Waals surface area contributed by atoms with Crippen molar-refractivity contribution in [2.75, 3.05) is 26.9 Å². The number of ether oxygens (including phenoxy) is 2. The van der Waals surface area contributed by atoms with Crippen LogP contribution in [0.25, 0.3) is 0 Å². The van der Waals surface area contributed by atoms with Gasteiger partial charge in [-0.3, -0.25) is 0 Å². The first-order chi connectivity index (χ1) is 9.13. The van der Waals surface area contributed by atoms with Gasteiger partial charge in [0, 0.05) is 17.6 Å². The van der Waals surface area contributed by atoms with Crippen molar-refractivity contribution in [3.05, 3.63) is 29.3 Å². The molecular formula is C16H24O3. The number of rotatable bonds is 6. The van der Waals surface area contributed by atoms with Crippen molar-refractivity contribution in [3.8, 4) is 5.75 Å². The van der Waals surface area contributed by atoms with Crippen molar-refractivity contribution < 1.29 is 14.6 Å². The van der Waals surface area contributed by atoms with Crippen molar-refractivity contribution in [1.29, 1.82) is 0 Å². The normalized spacial score (nSPS) is 17.3. The highest BCUT2D eigenvalue weighted by Crippen LogP contribution is 2.42. The molecule has 1 saturated heterocycles. The van der Waals surface area contributed by atoms with E-state index < -0.39 is 0 Å². The van der Waals surface area contributed by atoms with Crippen LogP contribution in [0.4, 0.5) is 0 Å². The number of hydrogen-bond donors (Lipinski definition) is 1. The monoisotopic (exact) mass is 264 g/mol. The molecular weight excluding hydrogens is 240 g/mol. The maximum absolute atomic E-state index is 9.09. The van der Waals surface area contributed by atoms with Gasteiger partial charge in [-0.25, -0.2) is 0 Å². The van der Waals surface area contributed by atoms with Crippen molar-refractivity contribution in [2.24, 2.45) is 0 Å². The Kier molecular flexibility index (Phi) is 4.48. The van der Waals surface area contributed by atoms with E-state index in [0.717, 1.165) is 31.8 Å². The van der Waals surface area contributed by atoms with E-state index in [1.54, 1.807) is 7.11 Å². The summed E-state index contributed by atoms with van der Waals surface area (Å²) >= 11 is 0. The second-order valence-electron chi connectivity index (χ2n) is 5.71. The van der Waals surface area contributed by atoms with Crippen molar-refractivity contribution in [1.82, 2.24) is 0 Å². The maximum Gasteiger partial charge on any atom is 0.122 e. The second-order valence-corrected chi connectivity index (χ2v) is 5.71. The minimum atomic E-state index is 0.0268. The largest absolute Gasteiger partial charge is 0.496 e. The highest BCUT2D eigenvalue weighted by Gasteiger charge is 2.41. The molecule has 0 aromatic heterocycles. The summed E-state index contributed by atoms with van der Waals surface area (Å²) in [6.07, 6.45) is 1.75. The summed E-state index contributed by atoms with van der Waals surface area (Å²) in [5.41, 5.74) is 2.59. The van der Waals surface area contributed by atoms with E-state index in [4.69, 9.17) is 14.6 Å². The molecule has 0 atom stereocenters. The molecule has 0 unspecified atom stereocenters. The van der Waals surface area contributed by atoms with Gasteiger partial charge in [0.05, 0.1) is 20.3 Å². The second kappa shape index (κ2) is 5.93. The lowest BCUT2D eigenvalue weighted by molar-refractivity contribution is -0.0674. The lowest BCUT2D eigenvalue weighted by Gasteiger charge is -2.43. The van der Waals surface area contributed by atoms with E-state index in [1.807, 2.05) is 0 Å². The Labute approximate surface area is 115 Å². The van der Waals surface area contributed by atoms with Crippen LogP contribution in [0.2, 0.25) is 0 Å². The third-order valence-corrected chi connectivity index (χ3v) is 4.03. The number of hydrogen-bond acceptors (Lipinski definition) is 3. The van der Waals surface area contributed by atoms with Gasteiger partial charge in [-0.2, -0.15) is 0 Å². The number of methoxy groups -OCH3 is 1. The van der Waals surface area contributed by atoms with Crippen molar-refractivity contribution in [3.63, 3.8) is 0 Å². The van der Waals surface area contributed by atoms with Gasteiger partial charge in [-0.05, 0) is 30.4 Å². The first kappa shape index (κ1) is 14.4. The van der Waals surface area contributed by atoms with Crippen LogP contribution in [0.1, 0.15) is 43.7 Å². The molecule has 3 nitrogen and oxygen atoms in total. The Morgan fingerprint density at radius 3 is 2.58 bits per heavy atom. The Hall–Kier alpha value is -1.06. The van der Waals surface area contributed by atoms with Gasteiger partial charge in [-0.1, -0.05) is 26.0 Å². The Balaban J connectivity index is 2.37. The number of aliphatic hydroxyl groups excluding tert-OH is 1. The highest BCUT2D eigenvalue weighted by atomic mass is 16.5. The van der Waals surface area contributed by atoms with Crippen LogP contribution >= 0.6 is 0 Å². The third-order valence-electron chi connectivity index (χ3n) is 4.03. The minimum Gasteiger partial charge on any atom is -0.496 e. The van der Waals surface area contributed by atoms with E-state index in [0.29, 0.717) is 5.92 Å². The summed E-state index contributed by atoms with van der Waals surface area (Å²) in [6, 6.07) is 6.44. The van der Waals surface area contributed by atoms with Crippen LogP contribution in [0.15, 0.2) is 18.2 Å². The van der Waals surface area contributed by atoms with Gasteiger partial charge in [0.15, 0.2) is 0 Å². The zero-order valence-electron chi connectivity index (χ0n) is 12.1. The Morgan fingerprint density at radius 1 is 1.37 bits per heavy atom. The molecule has 1 N–H and O–H groups in total. The average molecular weight is 264 g/mol. The quantitative estimate of drug-likeness (QED) is 0.858. The molecule has 0 amide bonds. The fourth-order valence-corrected chi connectivity index (χ4v) is 2.70. The molecule has 1 heterocycles. The Morgan fingerprint density at radius 2 is 2.11 bits per heavy atom.